The van der Waals surface area contributed by atoms with Gasteiger partial charge < -0.3 is 0 Å². The van der Waals surface area contributed by atoms with Crippen LogP contribution in [-0.2, 0) is 17.8 Å². The van der Waals surface area contributed by atoms with E-state index >= 15 is 0 Å². The van der Waals surface area contributed by atoms with E-state index in [1.165, 1.54) is 16.0 Å². The molecule has 0 saturated carbocycles. The first-order valence-corrected chi connectivity index (χ1v) is 12.6. The molecule has 0 aliphatic heterocycles. The summed E-state index contributed by atoms with van der Waals surface area (Å²) in [6.45, 7) is 9.08. The predicted octanol–water partition coefficient (Wildman–Crippen LogP) is 7.19. The maximum atomic E-state index is 13.5. The fraction of sp³-hybridized carbons (Fsp3) is 0.259. The molecule has 0 fully saturated rings. The third-order valence-corrected chi connectivity index (χ3v) is 7.50. The fourth-order valence-electron chi connectivity index (χ4n) is 3.59. The van der Waals surface area contributed by atoms with Crippen molar-refractivity contribution in [1.29, 1.82) is 0 Å². The zero-order valence-corrected chi connectivity index (χ0v) is 20.6. The molecule has 164 valence electrons. The van der Waals surface area contributed by atoms with Crippen molar-refractivity contribution in [3.63, 3.8) is 0 Å². The minimum absolute atomic E-state index is 0.0616. The Labute approximate surface area is 198 Å². The number of aromatic nitrogens is 1. The van der Waals surface area contributed by atoms with E-state index in [0.29, 0.717) is 18.2 Å². The minimum Gasteiger partial charge on any atom is -0.283 e. The molecule has 4 aromatic rings. The van der Waals surface area contributed by atoms with Crippen molar-refractivity contribution in [2.45, 2.75) is 50.8 Å². The summed E-state index contributed by atoms with van der Waals surface area (Å²) < 4.78 is 1.11. The summed E-state index contributed by atoms with van der Waals surface area (Å²) in [5.74, 6) is 0.0616. The molecule has 3 aromatic carbocycles. The maximum absolute atomic E-state index is 13.5. The highest BCUT2D eigenvalue weighted by atomic mass is 32.2. The Morgan fingerprint density at radius 1 is 0.969 bits per heavy atom. The highest BCUT2D eigenvalue weighted by Crippen LogP contribution is 2.33. The Bertz CT molecular complexity index is 1210. The van der Waals surface area contributed by atoms with Gasteiger partial charge in [0.1, 0.15) is 0 Å². The number of nitrogens with zero attached hydrogens (tertiary/aromatic N) is 2. The molecule has 3 nitrogen and oxygen atoms in total. The smallest absolute Gasteiger partial charge is 0.233 e. The van der Waals surface area contributed by atoms with E-state index in [1.54, 1.807) is 11.3 Å². The third kappa shape index (κ3) is 5.22. The summed E-state index contributed by atoms with van der Waals surface area (Å²) in [6.07, 6.45) is 0.355. The van der Waals surface area contributed by atoms with Crippen LogP contribution in [0.4, 0.5) is 5.13 Å². The van der Waals surface area contributed by atoms with Crippen LogP contribution in [-0.4, -0.2) is 16.1 Å². The number of fused-ring (bicyclic) bond motifs is 1. The van der Waals surface area contributed by atoms with Gasteiger partial charge in [0.05, 0.1) is 23.2 Å². The zero-order valence-electron chi connectivity index (χ0n) is 19.0. The van der Waals surface area contributed by atoms with E-state index in [4.69, 9.17) is 4.98 Å². The fourth-order valence-corrected chi connectivity index (χ4v) is 5.47. The Morgan fingerprint density at radius 3 is 2.38 bits per heavy atom. The number of thiazole rings is 1. The predicted molar refractivity (Wildman–Crippen MR) is 138 cm³/mol. The van der Waals surface area contributed by atoms with Crippen molar-refractivity contribution in [1.82, 2.24) is 4.98 Å². The van der Waals surface area contributed by atoms with Gasteiger partial charge in [0.2, 0.25) is 5.91 Å². The van der Waals surface area contributed by atoms with Crippen molar-refractivity contribution in [2.24, 2.45) is 0 Å². The van der Waals surface area contributed by atoms with Crippen LogP contribution < -0.4 is 4.90 Å². The summed E-state index contributed by atoms with van der Waals surface area (Å²) in [5, 5.41) is 1.30. The number of thioether (sulfide) groups is 1. The van der Waals surface area contributed by atoms with Crippen LogP contribution in [0.15, 0.2) is 71.6 Å². The summed E-state index contributed by atoms with van der Waals surface area (Å²) in [6, 6.07) is 22.7. The van der Waals surface area contributed by atoms with Crippen LogP contribution in [0.1, 0.15) is 36.1 Å². The number of benzene rings is 3. The van der Waals surface area contributed by atoms with Crippen molar-refractivity contribution < 1.29 is 4.79 Å². The van der Waals surface area contributed by atoms with Crippen LogP contribution in [0.3, 0.4) is 0 Å². The molecular formula is C27H28N2OS2. The largest absolute Gasteiger partial charge is 0.283 e. The summed E-state index contributed by atoms with van der Waals surface area (Å²) >= 11 is 3.42. The molecule has 0 unspecified atom stereocenters. The number of amides is 1. The average molecular weight is 461 g/mol. The highest BCUT2D eigenvalue weighted by Gasteiger charge is 2.21. The Hall–Kier alpha value is -2.63. The molecule has 0 aliphatic carbocycles. The molecule has 1 amide bonds. The number of hydrogen-bond acceptors (Lipinski definition) is 4. The van der Waals surface area contributed by atoms with Gasteiger partial charge in [0.25, 0.3) is 0 Å². The molecule has 0 bridgehead atoms. The van der Waals surface area contributed by atoms with Crippen molar-refractivity contribution >= 4 is 44.4 Å². The summed E-state index contributed by atoms with van der Waals surface area (Å²) in [5.41, 5.74) is 5.50. The van der Waals surface area contributed by atoms with Gasteiger partial charge in [0.15, 0.2) is 5.13 Å². The Balaban J connectivity index is 1.63. The van der Waals surface area contributed by atoms with Crippen molar-refractivity contribution in [2.75, 3.05) is 4.90 Å². The minimum atomic E-state index is 0.0616. The molecule has 4 rings (SSSR count). The quantitative estimate of drug-likeness (QED) is 0.274. The Morgan fingerprint density at radius 2 is 1.69 bits per heavy atom. The number of carbonyl (C=O) groups is 1. The molecule has 0 atom stereocenters. The standard InChI is InChI=1S/C27H28N2OS2/c1-18(2)31-23-13-11-21(12-14-23)16-25(30)29(17-22-8-6-5-7-9-22)27-28-26-20(4)19(3)10-15-24(26)32-27/h5-15,18H,16-17H2,1-4H3. The van der Waals surface area contributed by atoms with Crippen LogP contribution in [0.25, 0.3) is 10.2 Å². The van der Waals surface area contributed by atoms with Gasteiger partial charge in [-0.3, -0.25) is 9.69 Å². The lowest BCUT2D eigenvalue weighted by Crippen LogP contribution is -2.31. The van der Waals surface area contributed by atoms with E-state index in [-0.39, 0.29) is 5.91 Å². The van der Waals surface area contributed by atoms with Gasteiger partial charge in [-0.1, -0.05) is 73.7 Å². The first kappa shape index (κ1) is 22.6. The van der Waals surface area contributed by atoms with Crippen molar-refractivity contribution in [3.8, 4) is 0 Å². The number of carbonyl (C=O) groups excluding carboxylic acids is 1. The van der Waals surface area contributed by atoms with E-state index in [1.807, 2.05) is 34.9 Å². The van der Waals surface area contributed by atoms with E-state index in [9.17, 15) is 4.79 Å². The van der Waals surface area contributed by atoms with Crippen LogP contribution in [0.5, 0.6) is 0 Å². The second-order valence-corrected chi connectivity index (χ2v) is 11.0. The number of anilines is 1. The molecule has 5 heteroatoms. The topological polar surface area (TPSA) is 33.2 Å². The lowest BCUT2D eigenvalue weighted by Gasteiger charge is -2.20. The third-order valence-electron chi connectivity index (χ3n) is 5.44. The monoisotopic (exact) mass is 460 g/mol. The van der Waals surface area contributed by atoms with E-state index in [0.717, 1.165) is 26.5 Å². The number of rotatable bonds is 7. The summed E-state index contributed by atoms with van der Waals surface area (Å²) in [4.78, 5) is 21.5. The number of aryl methyl sites for hydroxylation is 2. The average Bonchev–Trinajstić information content (AvgIpc) is 3.21. The second kappa shape index (κ2) is 9.88. The molecule has 0 N–H and O–H groups in total. The van der Waals surface area contributed by atoms with Crippen LogP contribution >= 0.6 is 23.1 Å². The normalized spacial score (nSPS) is 11.3. The molecular weight excluding hydrogens is 432 g/mol. The molecule has 1 heterocycles. The lowest BCUT2D eigenvalue weighted by molar-refractivity contribution is -0.118. The van der Waals surface area contributed by atoms with Crippen LogP contribution in [0.2, 0.25) is 0 Å². The van der Waals surface area contributed by atoms with Crippen molar-refractivity contribution in [3.05, 3.63) is 89.0 Å². The maximum Gasteiger partial charge on any atom is 0.233 e. The summed E-state index contributed by atoms with van der Waals surface area (Å²) in [7, 11) is 0. The second-order valence-electron chi connectivity index (χ2n) is 8.30. The van der Waals surface area contributed by atoms with Gasteiger partial charge in [-0.05, 0) is 54.3 Å². The van der Waals surface area contributed by atoms with Gasteiger partial charge >= 0.3 is 0 Å². The SMILES string of the molecule is Cc1ccc2sc(N(Cc3ccccc3)C(=O)Cc3ccc(SC(C)C)cc3)nc2c1C. The molecule has 0 aliphatic rings. The van der Waals surface area contributed by atoms with Gasteiger partial charge in [0, 0.05) is 10.1 Å². The van der Waals surface area contributed by atoms with E-state index < -0.39 is 0 Å². The van der Waals surface area contributed by atoms with E-state index in [2.05, 4.69) is 76.2 Å². The highest BCUT2D eigenvalue weighted by molar-refractivity contribution is 7.99. The molecule has 1 aromatic heterocycles. The van der Waals surface area contributed by atoms with Gasteiger partial charge in [-0.15, -0.1) is 11.8 Å². The number of hydrogen-bond donors (Lipinski definition) is 0. The molecule has 32 heavy (non-hydrogen) atoms. The molecule has 0 saturated heterocycles. The first-order chi connectivity index (χ1) is 15.4. The van der Waals surface area contributed by atoms with Crippen LogP contribution in [0, 0.1) is 13.8 Å². The first-order valence-electron chi connectivity index (χ1n) is 10.9. The zero-order chi connectivity index (χ0) is 22.7. The van der Waals surface area contributed by atoms with Gasteiger partial charge in [-0.2, -0.15) is 0 Å². The molecule has 0 spiro atoms. The van der Waals surface area contributed by atoms with Gasteiger partial charge in [-0.25, -0.2) is 4.98 Å². The Kier molecular flexibility index (Phi) is 6.97. The lowest BCUT2D eigenvalue weighted by atomic mass is 10.1. The molecule has 0 radical (unpaired) electrons.